The number of aliphatic hydroxyl groups is 1. The van der Waals surface area contributed by atoms with Crippen molar-refractivity contribution in [1.29, 1.82) is 0 Å². The highest BCUT2D eigenvalue weighted by molar-refractivity contribution is 7.99. The van der Waals surface area contributed by atoms with Gasteiger partial charge in [-0.15, -0.1) is 11.8 Å². The minimum Gasteiger partial charge on any atom is -0.392 e. The van der Waals surface area contributed by atoms with Crippen molar-refractivity contribution in [2.45, 2.75) is 43.6 Å². The number of thioether (sulfide) groups is 1. The van der Waals surface area contributed by atoms with Gasteiger partial charge in [0.25, 0.3) is 11.8 Å². The summed E-state index contributed by atoms with van der Waals surface area (Å²) in [6.07, 6.45) is 0.884. The van der Waals surface area contributed by atoms with Gasteiger partial charge in [0.1, 0.15) is 0 Å². The van der Waals surface area contributed by atoms with E-state index < -0.39 is 6.29 Å². The molecule has 1 aromatic heterocycles. The van der Waals surface area contributed by atoms with Crippen LogP contribution >= 0.6 is 11.8 Å². The van der Waals surface area contributed by atoms with Crippen molar-refractivity contribution in [3.63, 3.8) is 0 Å². The Morgan fingerprint density at radius 3 is 2.04 bits per heavy atom. The number of amides is 2. The first-order valence-corrected chi connectivity index (χ1v) is 16.7. The second-order valence-electron chi connectivity index (χ2n) is 11.8. The first kappa shape index (κ1) is 31.0. The molecule has 0 radical (unpaired) electrons. The van der Waals surface area contributed by atoms with Gasteiger partial charge < -0.3 is 14.6 Å². The maximum absolute atomic E-state index is 13.1. The van der Waals surface area contributed by atoms with Gasteiger partial charge in [0.15, 0.2) is 6.29 Å². The Bertz CT molecular complexity index is 1850. The van der Waals surface area contributed by atoms with Crippen LogP contribution in [0.4, 0.5) is 0 Å². The number of fused-ring (bicyclic) bond motifs is 1. The van der Waals surface area contributed by atoms with Gasteiger partial charge in [-0.1, -0.05) is 97.9 Å². The maximum Gasteiger partial charge on any atom is 0.261 e. The van der Waals surface area contributed by atoms with Crippen LogP contribution in [0.15, 0.2) is 126 Å². The van der Waals surface area contributed by atoms with Gasteiger partial charge in [-0.3, -0.25) is 14.5 Å². The van der Waals surface area contributed by atoms with Gasteiger partial charge >= 0.3 is 0 Å². The quantitative estimate of drug-likeness (QED) is 0.131. The number of hydrogen-bond acceptors (Lipinski definition) is 7. The first-order valence-electron chi connectivity index (χ1n) is 15.7. The molecule has 4 atom stereocenters. The summed E-state index contributed by atoms with van der Waals surface area (Å²) in [4.78, 5) is 31.9. The van der Waals surface area contributed by atoms with Gasteiger partial charge in [-0.05, 0) is 52.1 Å². The minimum atomic E-state index is -0.592. The molecule has 8 heteroatoms. The van der Waals surface area contributed by atoms with Crippen molar-refractivity contribution in [2.24, 2.45) is 5.92 Å². The zero-order valence-corrected chi connectivity index (χ0v) is 26.7. The smallest absolute Gasteiger partial charge is 0.261 e. The zero-order chi connectivity index (χ0) is 32.3. The van der Waals surface area contributed by atoms with Crippen LogP contribution in [0.25, 0.3) is 11.1 Å². The Hall–Kier alpha value is -4.60. The van der Waals surface area contributed by atoms with Crippen LogP contribution in [0.5, 0.6) is 0 Å². The number of aliphatic hydroxyl groups excluding tert-OH is 1. The Balaban J connectivity index is 1.13. The Morgan fingerprint density at radius 1 is 0.745 bits per heavy atom. The van der Waals surface area contributed by atoms with Crippen LogP contribution < -0.4 is 0 Å². The summed E-state index contributed by atoms with van der Waals surface area (Å²) in [7, 11) is 0. The second kappa shape index (κ2) is 13.6. The van der Waals surface area contributed by atoms with Crippen molar-refractivity contribution in [3.05, 3.63) is 155 Å². The van der Waals surface area contributed by atoms with Gasteiger partial charge in [0, 0.05) is 23.4 Å². The summed E-state index contributed by atoms with van der Waals surface area (Å²) in [5.74, 6) is 0.239. The highest BCUT2D eigenvalue weighted by Crippen LogP contribution is 2.43. The van der Waals surface area contributed by atoms with Gasteiger partial charge in [-0.25, -0.2) is 4.98 Å². The molecule has 1 saturated heterocycles. The van der Waals surface area contributed by atoms with Crippen molar-refractivity contribution in [3.8, 4) is 11.1 Å². The Labute approximate surface area is 278 Å². The SMILES string of the molecule is C[C@@H]1[C@H](CSc2ccccn2)O[C@H](c2ccc(-c3ccccc3CN3C(=O)c4ccccc4C3=O)cc2)O[C@@H]1c1ccc(CO)cc1. The molecule has 3 heterocycles. The number of aromatic nitrogens is 1. The van der Waals surface area contributed by atoms with Crippen LogP contribution in [-0.4, -0.2) is 38.7 Å². The van der Waals surface area contributed by atoms with Gasteiger partial charge in [0.2, 0.25) is 0 Å². The van der Waals surface area contributed by atoms with E-state index in [2.05, 4.69) is 11.9 Å². The van der Waals surface area contributed by atoms with Crippen LogP contribution in [0.1, 0.15) is 62.3 Å². The Kier molecular flexibility index (Phi) is 9.00. The number of rotatable bonds is 9. The van der Waals surface area contributed by atoms with E-state index in [1.165, 1.54) is 4.90 Å². The van der Waals surface area contributed by atoms with Crippen LogP contribution in [-0.2, 0) is 22.6 Å². The van der Waals surface area contributed by atoms with E-state index in [-0.39, 0.29) is 43.1 Å². The number of hydrogen-bond donors (Lipinski definition) is 1. The standard InChI is InChI=1S/C39H34N2O5S/c1-25-34(24-47-35-12-6-7-21-40-35)45-39(46-36(25)28-15-13-26(23-42)14-16-28)29-19-17-27(18-20-29)31-9-3-2-8-30(31)22-41-37(43)32-10-4-5-11-33(32)38(41)44/h2-21,25,34,36,39,42H,22-24H2,1H3/t25-,34+,36+,39+/m1/s1. The molecule has 0 aliphatic carbocycles. The lowest BCUT2D eigenvalue weighted by Crippen LogP contribution is -2.38. The molecule has 2 aliphatic rings. The molecular formula is C39H34N2O5S. The second-order valence-corrected chi connectivity index (χ2v) is 12.9. The summed E-state index contributed by atoms with van der Waals surface area (Å²) >= 11 is 1.67. The number of pyridine rings is 1. The lowest BCUT2D eigenvalue weighted by molar-refractivity contribution is -0.268. The number of benzene rings is 4. The fourth-order valence-corrected chi connectivity index (χ4v) is 7.25. The third-order valence-corrected chi connectivity index (χ3v) is 9.91. The largest absolute Gasteiger partial charge is 0.392 e. The monoisotopic (exact) mass is 642 g/mol. The predicted octanol–water partition coefficient (Wildman–Crippen LogP) is 7.62. The first-order chi connectivity index (χ1) is 23.0. The molecule has 0 bridgehead atoms. The minimum absolute atomic E-state index is 0.00971. The number of ether oxygens (including phenoxy) is 2. The molecular weight excluding hydrogens is 609 g/mol. The van der Waals surface area contributed by atoms with Crippen molar-refractivity contribution < 1.29 is 24.2 Å². The molecule has 1 N–H and O–H groups in total. The molecule has 4 aromatic carbocycles. The molecule has 0 saturated carbocycles. The normalized spacial score (nSPS) is 20.8. The predicted molar refractivity (Wildman–Crippen MR) is 180 cm³/mol. The molecule has 7 rings (SSSR count). The summed E-state index contributed by atoms with van der Waals surface area (Å²) in [6.45, 7) is 2.33. The lowest BCUT2D eigenvalue weighted by atomic mass is 9.91. The van der Waals surface area contributed by atoms with Gasteiger partial charge in [0.05, 0.1) is 41.5 Å². The van der Waals surface area contributed by atoms with E-state index in [4.69, 9.17) is 9.47 Å². The zero-order valence-electron chi connectivity index (χ0n) is 25.9. The number of nitrogens with zero attached hydrogens (tertiary/aromatic N) is 2. The molecule has 0 spiro atoms. The average Bonchev–Trinajstić information content (AvgIpc) is 3.37. The molecule has 0 unspecified atom stereocenters. The summed E-state index contributed by atoms with van der Waals surface area (Å²) in [5.41, 5.74) is 6.46. The van der Waals surface area contributed by atoms with Crippen molar-refractivity contribution in [1.82, 2.24) is 9.88 Å². The van der Waals surface area contributed by atoms with E-state index >= 15 is 0 Å². The highest BCUT2D eigenvalue weighted by Gasteiger charge is 2.39. The molecule has 2 aliphatic heterocycles. The molecule has 47 heavy (non-hydrogen) atoms. The fraction of sp³-hybridized carbons (Fsp3) is 0.205. The molecule has 1 fully saturated rings. The van der Waals surface area contributed by atoms with E-state index in [0.717, 1.165) is 38.4 Å². The topological polar surface area (TPSA) is 89.0 Å². The Morgan fingerprint density at radius 2 is 1.38 bits per heavy atom. The third kappa shape index (κ3) is 6.38. The van der Waals surface area contributed by atoms with Crippen molar-refractivity contribution in [2.75, 3.05) is 5.75 Å². The molecule has 2 amide bonds. The highest BCUT2D eigenvalue weighted by atomic mass is 32.2. The van der Waals surface area contributed by atoms with Crippen LogP contribution in [0.3, 0.4) is 0 Å². The van der Waals surface area contributed by atoms with Crippen molar-refractivity contribution >= 4 is 23.6 Å². The number of imide groups is 1. The maximum atomic E-state index is 13.1. The summed E-state index contributed by atoms with van der Waals surface area (Å²) in [6, 6.07) is 36.7. The summed E-state index contributed by atoms with van der Waals surface area (Å²) in [5, 5.41) is 10.5. The van der Waals surface area contributed by atoms with E-state index in [9.17, 15) is 14.7 Å². The summed E-state index contributed by atoms with van der Waals surface area (Å²) < 4.78 is 13.3. The van der Waals surface area contributed by atoms with Gasteiger partial charge in [-0.2, -0.15) is 0 Å². The van der Waals surface area contributed by atoms with E-state index in [1.54, 1.807) is 42.2 Å². The molecule has 5 aromatic rings. The van der Waals surface area contributed by atoms with Crippen LogP contribution in [0.2, 0.25) is 0 Å². The molecule has 7 nitrogen and oxygen atoms in total. The third-order valence-electron chi connectivity index (χ3n) is 8.87. The van der Waals surface area contributed by atoms with E-state index in [1.807, 2.05) is 91.0 Å². The number of carbonyl (C=O) groups is 2. The van der Waals surface area contributed by atoms with Crippen LogP contribution in [0, 0.1) is 5.92 Å². The molecule has 236 valence electrons. The average molecular weight is 643 g/mol. The number of carbonyl (C=O) groups excluding carboxylic acids is 2. The van der Waals surface area contributed by atoms with E-state index in [0.29, 0.717) is 16.9 Å². The lowest BCUT2D eigenvalue weighted by Gasteiger charge is -2.41. The fourth-order valence-electron chi connectivity index (χ4n) is 6.22.